The van der Waals surface area contributed by atoms with Gasteiger partial charge in [-0.15, -0.1) is 12.4 Å². The predicted octanol–water partition coefficient (Wildman–Crippen LogP) is 2.72. The van der Waals surface area contributed by atoms with Gasteiger partial charge < -0.3 is 5.73 Å². The molecule has 94 valence electrons. The van der Waals surface area contributed by atoms with Crippen LogP contribution in [0.1, 0.15) is 18.0 Å². The molecule has 17 heavy (non-hydrogen) atoms. The van der Waals surface area contributed by atoms with Crippen LogP contribution in [-0.4, -0.2) is 0 Å². The van der Waals surface area contributed by atoms with Gasteiger partial charge in [0.15, 0.2) is 23.3 Å². The highest BCUT2D eigenvalue weighted by atomic mass is 35.5. The second kappa shape index (κ2) is 5.80. The quantitative estimate of drug-likeness (QED) is 0.511. The predicted molar refractivity (Wildman–Crippen MR) is 50.6 cm³/mol. The van der Waals surface area contributed by atoms with Crippen molar-refractivity contribution in [3.63, 3.8) is 0 Å². The zero-order valence-corrected chi connectivity index (χ0v) is 8.92. The summed E-state index contributed by atoms with van der Waals surface area (Å²) in [6.45, 7) is 0. The highest BCUT2D eigenvalue weighted by Gasteiger charge is 2.28. The first kappa shape index (κ1) is 15.6. The zero-order valence-electron chi connectivity index (χ0n) is 8.11. The summed E-state index contributed by atoms with van der Waals surface area (Å²) in [5.74, 6) is -10.4. The lowest BCUT2D eigenvalue weighted by atomic mass is 10.0. The van der Waals surface area contributed by atoms with Crippen LogP contribution in [0.5, 0.6) is 0 Å². The largest absolute Gasteiger partial charge is 0.323 e. The molecule has 0 fully saturated rings. The van der Waals surface area contributed by atoms with Crippen molar-refractivity contribution >= 4 is 12.4 Å². The summed E-state index contributed by atoms with van der Waals surface area (Å²) in [5.41, 5.74) is 3.97. The fraction of sp³-hybridized carbons (Fsp3) is 0.222. The third-order valence-corrected chi connectivity index (χ3v) is 1.93. The fourth-order valence-electron chi connectivity index (χ4n) is 1.15. The van der Waals surface area contributed by atoms with Gasteiger partial charge in [-0.25, -0.2) is 22.0 Å². The van der Waals surface area contributed by atoms with E-state index in [1.165, 1.54) is 6.07 Å². The van der Waals surface area contributed by atoms with Crippen LogP contribution in [0.2, 0.25) is 0 Å². The number of nitrogens with zero attached hydrogens (tertiary/aromatic N) is 1. The standard InChI is InChI=1S/C9H5F5N2.ClH/c10-5-4(3(16)1-2-15)6(11)8(13)9(14)7(5)12;/h3H,1,16H2;1H/t3-;/m1./s1. The Morgan fingerprint density at radius 3 is 1.65 bits per heavy atom. The van der Waals surface area contributed by atoms with E-state index in [1.54, 1.807) is 0 Å². The van der Waals surface area contributed by atoms with Crippen molar-refractivity contribution in [2.45, 2.75) is 12.5 Å². The Kier molecular flexibility index (Phi) is 5.32. The fourth-order valence-corrected chi connectivity index (χ4v) is 1.15. The van der Waals surface area contributed by atoms with E-state index in [2.05, 4.69) is 0 Å². The van der Waals surface area contributed by atoms with Gasteiger partial charge in [-0.1, -0.05) is 0 Å². The Balaban J connectivity index is 0.00000256. The van der Waals surface area contributed by atoms with Crippen molar-refractivity contribution in [3.8, 4) is 6.07 Å². The Hall–Kier alpha value is -1.39. The van der Waals surface area contributed by atoms with Gasteiger partial charge in [0.1, 0.15) is 0 Å². The van der Waals surface area contributed by atoms with E-state index in [9.17, 15) is 22.0 Å². The number of rotatable bonds is 2. The molecule has 0 saturated heterocycles. The van der Waals surface area contributed by atoms with E-state index >= 15 is 0 Å². The van der Waals surface area contributed by atoms with Crippen molar-refractivity contribution in [1.82, 2.24) is 0 Å². The maximum Gasteiger partial charge on any atom is 0.200 e. The number of halogens is 6. The number of benzene rings is 1. The van der Waals surface area contributed by atoms with Crippen LogP contribution < -0.4 is 5.73 Å². The topological polar surface area (TPSA) is 49.8 Å². The van der Waals surface area contributed by atoms with Gasteiger partial charge in [-0.2, -0.15) is 5.26 Å². The van der Waals surface area contributed by atoms with Crippen LogP contribution in [0.4, 0.5) is 22.0 Å². The molecule has 0 aliphatic carbocycles. The van der Waals surface area contributed by atoms with Crippen molar-refractivity contribution in [2.24, 2.45) is 5.73 Å². The summed E-state index contributed by atoms with van der Waals surface area (Å²) >= 11 is 0. The lowest BCUT2D eigenvalue weighted by molar-refractivity contribution is 0.364. The van der Waals surface area contributed by atoms with Gasteiger partial charge in [0.05, 0.1) is 12.5 Å². The molecule has 0 aliphatic heterocycles. The molecular weight excluding hydrogens is 267 g/mol. The molecule has 0 amide bonds. The van der Waals surface area contributed by atoms with Gasteiger partial charge in [0.25, 0.3) is 0 Å². The van der Waals surface area contributed by atoms with Crippen molar-refractivity contribution in [3.05, 3.63) is 34.6 Å². The monoisotopic (exact) mass is 272 g/mol. The summed E-state index contributed by atoms with van der Waals surface area (Å²) in [7, 11) is 0. The first-order valence-corrected chi connectivity index (χ1v) is 4.05. The molecule has 0 bridgehead atoms. The van der Waals surface area contributed by atoms with Crippen molar-refractivity contribution < 1.29 is 22.0 Å². The SMILES string of the molecule is Cl.N#CC[C@@H](N)c1c(F)c(F)c(F)c(F)c1F. The lowest BCUT2D eigenvalue weighted by Gasteiger charge is -2.12. The van der Waals surface area contributed by atoms with Crippen LogP contribution in [0.15, 0.2) is 0 Å². The molecule has 1 atom stereocenters. The summed E-state index contributed by atoms with van der Waals surface area (Å²) in [5, 5.41) is 8.24. The number of nitrogens with two attached hydrogens (primary N) is 1. The van der Waals surface area contributed by atoms with E-state index in [0.29, 0.717) is 0 Å². The van der Waals surface area contributed by atoms with Gasteiger partial charge >= 0.3 is 0 Å². The Bertz CT molecular complexity index is 442. The molecule has 2 nitrogen and oxygen atoms in total. The Labute approximate surface area is 99.2 Å². The van der Waals surface area contributed by atoms with Gasteiger partial charge in [-0.05, 0) is 0 Å². The first-order valence-electron chi connectivity index (χ1n) is 4.05. The summed E-state index contributed by atoms with van der Waals surface area (Å²) < 4.78 is 64.2. The average Bonchev–Trinajstić information content (AvgIpc) is 2.24. The molecule has 8 heteroatoms. The third kappa shape index (κ3) is 2.65. The van der Waals surface area contributed by atoms with Crippen LogP contribution >= 0.6 is 12.4 Å². The molecule has 1 aromatic rings. The lowest BCUT2D eigenvalue weighted by Crippen LogP contribution is -2.17. The minimum atomic E-state index is -2.25. The zero-order chi connectivity index (χ0) is 12.5. The number of nitriles is 1. The Morgan fingerprint density at radius 1 is 0.941 bits per heavy atom. The van der Waals surface area contributed by atoms with Crippen LogP contribution in [-0.2, 0) is 0 Å². The molecule has 0 spiro atoms. The first-order chi connectivity index (χ1) is 7.41. The summed E-state index contributed by atoms with van der Waals surface area (Å²) in [6.07, 6.45) is -0.557. The van der Waals surface area contributed by atoms with Crippen molar-refractivity contribution in [2.75, 3.05) is 0 Å². The maximum atomic E-state index is 13.1. The van der Waals surface area contributed by atoms with E-state index < -0.39 is 47.1 Å². The van der Waals surface area contributed by atoms with E-state index in [-0.39, 0.29) is 12.4 Å². The minimum Gasteiger partial charge on any atom is -0.323 e. The Morgan fingerprint density at radius 2 is 1.29 bits per heavy atom. The highest BCUT2D eigenvalue weighted by molar-refractivity contribution is 5.85. The van der Waals surface area contributed by atoms with E-state index in [4.69, 9.17) is 11.0 Å². The molecule has 0 aliphatic rings. The molecule has 0 aromatic heterocycles. The third-order valence-electron chi connectivity index (χ3n) is 1.93. The summed E-state index contributed by atoms with van der Waals surface area (Å²) in [4.78, 5) is 0. The average molecular weight is 273 g/mol. The van der Waals surface area contributed by atoms with E-state index in [0.717, 1.165) is 0 Å². The van der Waals surface area contributed by atoms with Gasteiger partial charge in [-0.3, -0.25) is 0 Å². The van der Waals surface area contributed by atoms with Crippen LogP contribution in [0.3, 0.4) is 0 Å². The van der Waals surface area contributed by atoms with Gasteiger partial charge in [0.2, 0.25) is 5.82 Å². The number of hydrogen-bond donors (Lipinski definition) is 1. The second-order valence-corrected chi connectivity index (χ2v) is 2.95. The molecule has 0 saturated carbocycles. The molecule has 0 unspecified atom stereocenters. The summed E-state index contributed by atoms with van der Waals surface area (Å²) in [6, 6.07) is -0.0836. The normalized spacial score (nSPS) is 11.6. The van der Waals surface area contributed by atoms with Gasteiger partial charge in [0, 0.05) is 11.6 Å². The van der Waals surface area contributed by atoms with Crippen LogP contribution in [0.25, 0.3) is 0 Å². The highest BCUT2D eigenvalue weighted by Crippen LogP contribution is 2.27. The molecular formula is C9H6ClF5N2. The molecule has 1 rings (SSSR count). The maximum absolute atomic E-state index is 13.1. The molecule has 0 radical (unpaired) electrons. The molecule has 0 heterocycles. The smallest absolute Gasteiger partial charge is 0.200 e. The number of hydrogen-bond acceptors (Lipinski definition) is 2. The van der Waals surface area contributed by atoms with E-state index in [1.807, 2.05) is 0 Å². The molecule has 1 aromatic carbocycles. The minimum absolute atomic E-state index is 0. The van der Waals surface area contributed by atoms with Crippen molar-refractivity contribution in [1.29, 1.82) is 5.26 Å². The molecule has 2 N–H and O–H groups in total. The van der Waals surface area contributed by atoms with Crippen LogP contribution in [0, 0.1) is 40.4 Å². The second-order valence-electron chi connectivity index (χ2n) is 2.95.